The van der Waals surface area contributed by atoms with Crippen LogP contribution in [0.3, 0.4) is 0 Å². The van der Waals surface area contributed by atoms with Crippen LogP contribution in [0, 0.1) is 11.8 Å². The van der Waals surface area contributed by atoms with Crippen LogP contribution in [-0.4, -0.2) is 35.7 Å². The highest BCUT2D eigenvalue weighted by atomic mass is 16.3. The second-order valence-corrected chi connectivity index (χ2v) is 3.56. The Balaban J connectivity index is 2.27. The minimum absolute atomic E-state index is 0.294. The van der Waals surface area contributed by atoms with Crippen molar-refractivity contribution in [3.05, 3.63) is 0 Å². The van der Waals surface area contributed by atoms with Crippen LogP contribution in [0.4, 0.5) is 0 Å². The molecule has 0 aliphatic heterocycles. The van der Waals surface area contributed by atoms with E-state index in [2.05, 4.69) is 16.7 Å². The molecule has 1 saturated carbocycles. The molecular formula is C11H19NO. The van der Waals surface area contributed by atoms with Crippen LogP contribution in [-0.2, 0) is 0 Å². The number of hydrogen-bond donors (Lipinski definition) is 1. The second kappa shape index (κ2) is 6.01. The summed E-state index contributed by atoms with van der Waals surface area (Å²) in [5.74, 6) is 6.02. The summed E-state index contributed by atoms with van der Waals surface area (Å²) in [6.45, 7) is 4.05. The molecule has 0 aromatic carbocycles. The maximum Gasteiger partial charge on any atom is 0.0603 e. The SMILES string of the molecule is CC#CCN(CCCO)C1CCC1. The van der Waals surface area contributed by atoms with Gasteiger partial charge in [0.05, 0.1) is 6.54 Å². The standard InChI is InChI=1S/C11H19NO/c1-2-3-8-12(9-5-10-13)11-6-4-7-11/h11,13H,4-10H2,1H3. The lowest BCUT2D eigenvalue weighted by Crippen LogP contribution is -2.41. The van der Waals surface area contributed by atoms with E-state index in [1.165, 1.54) is 19.3 Å². The summed E-state index contributed by atoms with van der Waals surface area (Å²) < 4.78 is 0. The number of aliphatic hydroxyl groups excluding tert-OH is 1. The quantitative estimate of drug-likeness (QED) is 0.645. The van der Waals surface area contributed by atoms with E-state index in [9.17, 15) is 0 Å². The first-order valence-corrected chi connectivity index (χ1v) is 5.13. The third kappa shape index (κ3) is 3.38. The van der Waals surface area contributed by atoms with Gasteiger partial charge in [-0.15, -0.1) is 5.92 Å². The van der Waals surface area contributed by atoms with Crippen LogP contribution in [0.25, 0.3) is 0 Å². The van der Waals surface area contributed by atoms with Crippen molar-refractivity contribution in [2.45, 2.75) is 38.6 Å². The molecule has 1 rings (SSSR count). The average molecular weight is 181 g/mol. The molecule has 1 fully saturated rings. The van der Waals surface area contributed by atoms with E-state index in [1.54, 1.807) is 0 Å². The Kier molecular flexibility index (Phi) is 4.88. The van der Waals surface area contributed by atoms with Crippen LogP contribution in [0.15, 0.2) is 0 Å². The zero-order chi connectivity index (χ0) is 9.52. The fourth-order valence-electron chi connectivity index (χ4n) is 1.60. The van der Waals surface area contributed by atoms with Crippen molar-refractivity contribution in [2.24, 2.45) is 0 Å². The number of aliphatic hydroxyl groups is 1. The highest BCUT2D eigenvalue weighted by Crippen LogP contribution is 2.24. The monoisotopic (exact) mass is 181 g/mol. The van der Waals surface area contributed by atoms with Gasteiger partial charge in [-0.2, -0.15) is 0 Å². The summed E-state index contributed by atoms with van der Waals surface area (Å²) in [4.78, 5) is 2.40. The normalized spacial score (nSPS) is 16.5. The van der Waals surface area contributed by atoms with Gasteiger partial charge in [-0.1, -0.05) is 12.3 Å². The Hall–Kier alpha value is -0.520. The largest absolute Gasteiger partial charge is 0.396 e. The molecule has 13 heavy (non-hydrogen) atoms. The lowest BCUT2D eigenvalue weighted by atomic mass is 9.91. The Morgan fingerprint density at radius 2 is 2.23 bits per heavy atom. The summed E-state index contributed by atoms with van der Waals surface area (Å²) in [5, 5.41) is 8.75. The molecule has 0 saturated heterocycles. The highest BCUT2D eigenvalue weighted by Gasteiger charge is 2.23. The van der Waals surface area contributed by atoms with Crippen LogP contribution in [0.1, 0.15) is 32.6 Å². The van der Waals surface area contributed by atoms with Gasteiger partial charge < -0.3 is 5.11 Å². The van der Waals surface area contributed by atoms with Gasteiger partial charge >= 0.3 is 0 Å². The van der Waals surface area contributed by atoms with Gasteiger partial charge in [0.2, 0.25) is 0 Å². The van der Waals surface area contributed by atoms with Crippen LogP contribution < -0.4 is 0 Å². The number of hydrogen-bond acceptors (Lipinski definition) is 2. The van der Waals surface area contributed by atoms with Crippen LogP contribution in [0.5, 0.6) is 0 Å². The third-order valence-electron chi connectivity index (χ3n) is 2.65. The fraction of sp³-hybridized carbons (Fsp3) is 0.818. The zero-order valence-corrected chi connectivity index (χ0v) is 8.42. The molecule has 0 radical (unpaired) electrons. The molecule has 2 nitrogen and oxygen atoms in total. The van der Waals surface area contributed by atoms with E-state index < -0.39 is 0 Å². The van der Waals surface area contributed by atoms with Gasteiger partial charge in [0.1, 0.15) is 0 Å². The van der Waals surface area contributed by atoms with E-state index in [-0.39, 0.29) is 0 Å². The smallest absolute Gasteiger partial charge is 0.0603 e. The first-order valence-electron chi connectivity index (χ1n) is 5.13. The van der Waals surface area contributed by atoms with E-state index in [0.29, 0.717) is 6.61 Å². The molecule has 0 bridgehead atoms. The minimum atomic E-state index is 0.294. The fourth-order valence-corrected chi connectivity index (χ4v) is 1.60. The Morgan fingerprint density at radius 1 is 1.46 bits per heavy atom. The van der Waals surface area contributed by atoms with E-state index in [4.69, 9.17) is 5.11 Å². The summed E-state index contributed by atoms with van der Waals surface area (Å²) >= 11 is 0. The first kappa shape index (κ1) is 10.6. The van der Waals surface area contributed by atoms with Gasteiger partial charge in [-0.25, -0.2) is 0 Å². The molecule has 0 unspecified atom stereocenters. The Morgan fingerprint density at radius 3 is 2.69 bits per heavy atom. The van der Waals surface area contributed by atoms with Gasteiger partial charge in [0.25, 0.3) is 0 Å². The molecule has 0 aromatic heterocycles. The molecule has 0 aromatic rings. The van der Waals surface area contributed by atoms with Crippen molar-refractivity contribution < 1.29 is 5.11 Å². The lowest BCUT2D eigenvalue weighted by Gasteiger charge is -2.36. The summed E-state index contributed by atoms with van der Waals surface area (Å²) in [5.41, 5.74) is 0. The second-order valence-electron chi connectivity index (χ2n) is 3.56. The first-order chi connectivity index (χ1) is 6.38. The van der Waals surface area contributed by atoms with Crippen molar-refractivity contribution in [3.8, 4) is 11.8 Å². The minimum Gasteiger partial charge on any atom is -0.396 e. The van der Waals surface area contributed by atoms with E-state index in [0.717, 1.165) is 25.6 Å². The van der Waals surface area contributed by atoms with Gasteiger partial charge in [0.15, 0.2) is 0 Å². The zero-order valence-electron chi connectivity index (χ0n) is 8.42. The topological polar surface area (TPSA) is 23.5 Å². The van der Waals surface area contributed by atoms with Crippen molar-refractivity contribution in [2.75, 3.05) is 19.7 Å². The van der Waals surface area contributed by atoms with Gasteiger partial charge in [-0.05, 0) is 26.2 Å². The van der Waals surface area contributed by atoms with Gasteiger partial charge in [-0.3, -0.25) is 4.90 Å². The van der Waals surface area contributed by atoms with E-state index >= 15 is 0 Å². The van der Waals surface area contributed by atoms with Crippen molar-refractivity contribution in [1.29, 1.82) is 0 Å². The molecule has 0 heterocycles. The summed E-state index contributed by atoms with van der Waals surface area (Å²) in [6.07, 6.45) is 4.87. The highest BCUT2D eigenvalue weighted by molar-refractivity contribution is 4.99. The van der Waals surface area contributed by atoms with Crippen molar-refractivity contribution in [1.82, 2.24) is 4.90 Å². The molecular weight excluding hydrogens is 162 g/mol. The van der Waals surface area contributed by atoms with Crippen LogP contribution >= 0.6 is 0 Å². The predicted molar refractivity (Wildman–Crippen MR) is 54.4 cm³/mol. The van der Waals surface area contributed by atoms with Crippen molar-refractivity contribution in [3.63, 3.8) is 0 Å². The summed E-state index contributed by atoms with van der Waals surface area (Å²) in [7, 11) is 0. The van der Waals surface area contributed by atoms with Crippen LogP contribution in [0.2, 0.25) is 0 Å². The Bertz CT molecular complexity index is 188. The van der Waals surface area contributed by atoms with Gasteiger partial charge in [0, 0.05) is 19.2 Å². The molecule has 1 aliphatic rings. The molecule has 2 heteroatoms. The molecule has 1 N–H and O–H groups in total. The summed E-state index contributed by atoms with van der Waals surface area (Å²) in [6, 6.07) is 0.743. The third-order valence-corrected chi connectivity index (χ3v) is 2.65. The molecule has 0 spiro atoms. The molecule has 0 atom stereocenters. The molecule has 0 amide bonds. The number of rotatable bonds is 5. The lowest BCUT2D eigenvalue weighted by molar-refractivity contribution is 0.132. The predicted octanol–water partition coefficient (Wildman–Crippen LogP) is 1.25. The molecule has 1 aliphatic carbocycles. The van der Waals surface area contributed by atoms with E-state index in [1.807, 2.05) is 6.92 Å². The maximum atomic E-state index is 8.75. The van der Waals surface area contributed by atoms with Crippen molar-refractivity contribution >= 4 is 0 Å². The average Bonchev–Trinajstić information content (AvgIpc) is 2.06. The maximum absolute atomic E-state index is 8.75. The number of nitrogens with zero attached hydrogens (tertiary/aromatic N) is 1. The molecule has 74 valence electrons. The Labute approximate surface area is 80.9 Å².